The molecule has 1 fully saturated rings. The second-order valence-electron chi connectivity index (χ2n) is 4.53. The molecule has 4 heteroatoms. The molecule has 1 amide bonds. The Balaban J connectivity index is 2.17. The number of hydrogen-bond donors (Lipinski definition) is 2. The molecular weight excluding hydrogens is 220 g/mol. The van der Waals surface area contributed by atoms with E-state index in [-0.39, 0.29) is 5.91 Å². The van der Waals surface area contributed by atoms with Gasteiger partial charge in [0, 0.05) is 17.7 Å². The topological polar surface area (TPSA) is 55.1 Å². The number of thioether (sulfide) groups is 1. The normalized spacial score (nSPS) is 25.4. The monoisotopic (exact) mass is 244 g/mol. The average Bonchev–Trinajstić information content (AvgIpc) is 2.29. The number of nitrogens with two attached hydrogens (primary N) is 1. The van der Waals surface area contributed by atoms with E-state index in [2.05, 4.69) is 11.6 Å². The van der Waals surface area contributed by atoms with Gasteiger partial charge in [-0.2, -0.15) is 11.8 Å². The molecule has 16 heavy (non-hydrogen) atoms. The predicted molar refractivity (Wildman–Crippen MR) is 70.6 cm³/mol. The summed E-state index contributed by atoms with van der Waals surface area (Å²) < 4.78 is 0. The van der Waals surface area contributed by atoms with E-state index in [9.17, 15) is 4.79 Å². The van der Waals surface area contributed by atoms with E-state index in [4.69, 9.17) is 5.73 Å². The summed E-state index contributed by atoms with van der Waals surface area (Å²) in [5, 5.41) is 3.89. The molecule has 2 unspecified atom stereocenters. The number of rotatable bonds is 6. The number of hydrogen-bond acceptors (Lipinski definition) is 3. The number of unbranched alkanes of at least 4 members (excludes halogenated alkanes) is 1. The van der Waals surface area contributed by atoms with Gasteiger partial charge in [-0.15, -0.1) is 0 Å². The zero-order chi connectivity index (χ0) is 11.8. The number of nitrogens with one attached hydrogen (secondary N) is 1. The molecule has 0 bridgehead atoms. The largest absolute Gasteiger partial charge is 0.353 e. The summed E-state index contributed by atoms with van der Waals surface area (Å²) >= 11 is 1.93. The van der Waals surface area contributed by atoms with Crippen LogP contribution in [0.4, 0.5) is 0 Å². The van der Waals surface area contributed by atoms with Gasteiger partial charge in [0.05, 0.1) is 0 Å². The van der Waals surface area contributed by atoms with Crippen molar-refractivity contribution in [2.75, 3.05) is 12.8 Å². The van der Waals surface area contributed by atoms with Crippen molar-refractivity contribution in [2.45, 2.75) is 56.2 Å². The van der Waals surface area contributed by atoms with E-state index < -0.39 is 0 Å². The van der Waals surface area contributed by atoms with Crippen molar-refractivity contribution >= 4 is 17.7 Å². The van der Waals surface area contributed by atoms with Crippen LogP contribution in [0.25, 0.3) is 0 Å². The Hall–Kier alpha value is -0.220. The van der Waals surface area contributed by atoms with Crippen LogP contribution in [0.3, 0.4) is 0 Å². The molecule has 0 spiro atoms. The van der Waals surface area contributed by atoms with Gasteiger partial charge in [-0.1, -0.05) is 6.42 Å². The van der Waals surface area contributed by atoms with Crippen LogP contribution < -0.4 is 11.1 Å². The lowest BCUT2D eigenvalue weighted by Gasteiger charge is -2.28. The van der Waals surface area contributed by atoms with Gasteiger partial charge in [-0.3, -0.25) is 4.79 Å². The third-order valence-electron chi connectivity index (χ3n) is 3.18. The molecule has 3 N–H and O–H groups in total. The number of amides is 1. The molecule has 0 saturated heterocycles. The first kappa shape index (κ1) is 13.8. The second-order valence-corrected chi connectivity index (χ2v) is 5.67. The first-order valence-electron chi connectivity index (χ1n) is 6.28. The van der Waals surface area contributed by atoms with Gasteiger partial charge in [0.15, 0.2) is 0 Å². The molecule has 0 aliphatic heterocycles. The Bertz CT molecular complexity index is 211. The molecule has 2 atom stereocenters. The third-order valence-corrected chi connectivity index (χ3v) is 4.28. The summed E-state index contributed by atoms with van der Waals surface area (Å²) in [4.78, 5) is 11.6. The van der Waals surface area contributed by atoms with Crippen molar-refractivity contribution in [2.24, 2.45) is 5.73 Å². The molecule has 94 valence electrons. The van der Waals surface area contributed by atoms with Gasteiger partial charge < -0.3 is 11.1 Å². The molecule has 0 aromatic heterocycles. The predicted octanol–water partition coefficient (Wildman–Crippen LogP) is 1.91. The van der Waals surface area contributed by atoms with E-state index in [0.717, 1.165) is 30.9 Å². The maximum atomic E-state index is 11.6. The summed E-state index contributed by atoms with van der Waals surface area (Å²) in [6.45, 7) is 0.686. The van der Waals surface area contributed by atoms with Crippen molar-refractivity contribution in [1.29, 1.82) is 0 Å². The van der Waals surface area contributed by atoms with Crippen molar-refractivity contribution in [3.8, 4) is 0 Å². The van der Waals surface area contributed by atoms with Gasteiger partial charge >= 0.3 is 0 Å². The molecule has 1 aliphatic rings. The minimum atomic E-state index is 0.209. The van der Waals surface area contributed by atoms with Crippen molar-refractivity contribution in [3.63, 3.8) is 0 Å². The molecule has 3 nitrogen and oxygen atoms in total. The lowest BCUT2D eigenvalue weighted by Crippen LogP contribution is -2.39. The van der Waals surface area contributed by atoms with Gasteiger partial charge in [-0.05, 0) is 44.9 Å². The minimum Gasteiger partial charge on any atom is -0.353 e. The molecule has 0 radical (unpaired) electrons. The van der Waals surface area contributed by atoms with E-state index in [1.54, 1.807) is 0 Å². The third kappa shape index (κ3) is 5.21. The van der Waals surface area contributed by atoms with E-state index in [1.807, 2.05) is 11.8 Å². The maximum Gasteiger partial charge on any atom is 0.220 e. The van der Waals surface area contributed by atoms with Crippen LogP contribution in [-0.4, -0.2) is 30.0 Å². The van der Waals surface area contributed by atoms with Crippen LogP contribution in [-0.2, 0) is 4.79 Å². The van der Waals surface area contributed by atoms with Crippen LogP contribution >= 0.6 is 11.8 Å². The lowest BCUT2D eigenvalue weighted by molar-refractivity contribution is -0.122. The van der Waals surface area contributed by atoms with Crippen molar-refractivity contribution < 1.29 is 4.79 Å². The van der Waals surface area contributed by atoms with Crippen LogP contribution in [0.1, 0.15) is 44.9 Å². The molecule has 1 aliphatic carbocycles. The number of carbonyl (C=O) groups is 1. The number of carbonyl (C=O) groups excluding carboxylic acids is 1. The highest BCUT2D eigenvalue weighted by atomic mass is 32.2. The quantitative estimate of drug-likeness (QED) is 0.702. The van der Waals surface area contributed by atoms with E-state index >= 15 is 0 Å². The van der Waals surface area contributed by atoms with Crippen molar-refractivity contribution in [1.82, 2.24) is 5.32 Å². The fourth-order valence-electron chi connectivity index (χ4n) is 2.22. The fourth-order valence-corrected chi connectivity index (χ4v) is 3.05. The first-order chi connectivity index (χ1) is 7.76. The van der Waals surface area contributed by atoms with Crippen LogP contribution in [0.15, 0.2) is 0 Å². The second kappa shape index (κ2) is 7.96. The van der Waals surface area contributed by atoms with Crippen LogP contribution in [0.2, 0.25) is 0 Å². The maximum absolute atomic E-state index is 11.6. The van der Waals surface area contributed by atoms with Gasteiger partial charge in [0.2, 0.25) is 5.91 Å². The van der Waals surface area contributed by atoms with Crippen LogP contribution in [0.5, 0.6) is 0 Å². The van der Waals surface area contributed by atoms with Crippen molar-refractivity contribution in [3.05, 3.63) is 0 Å². The summed E-state index contributed by atoms with van der Waals surface area (Å²) in [6.07, 6.45) is 9.52. The van der Waals surface area contributed by atoms with E-state index in [1.165, 1.54) is 12.8 Å². The highest BCUT2D eigenvalue weighted by Crippen LogP contribution is 2.26. The van der Waals surface area contributed by atoms with E-state index in [0.29, 0.717) is 19.0 Å². The molecule has 1 saturated carbocycles. The summed E-state index contributed by atoms with van der Waals surface area (Å²) in [6, 6.07) is 0.413. The highest BCUT2D eigenvalue weighted by Gasteiger charge is 2.22. The molecule has 0 heterocycles. The zero-order valence-corrected chi connectivity index (χ0v) is 11.0. The Morgan fingerprint density at radius 3 is 2.94 bits per heavy atom. The van der Waals surface area contributed by atoms with Crippen LogP contribution in [0, 0.1) is 0 Å². The zero-order valence-electron chi connectivity index (χ0n) is 10.2. The average molecular weight is 244 g/mol. The van der Waals surface area contributed by atoms with Gasteiger partial charge in [0.25, 0.3) is 0 Å². The minimum absolute atomic E-state index is 0.209. The summed E-state index contributed by atoms with van der Waals surface area (Å²) in [7, 11) is 0. The summed E-state index contributed by atoms with van der Waals surface area (Å²) in [5.74, 6) is 0.209. The first-order valence-corrected chi connectivity index (χ1v) is 7.57. The Kier molecular flexibility index (Phi) is 6.88. The fraction of sp³-hybridized carbons (Fsp3) is 0.917. The van der Waals surface area contributed by atoms with Gasteiger partial charge in [0.1, 0.15) is 0 Å². The molecule has 1 rings (SSSR count). The SMILES string of the molecule is CSC1CCCC(NC(=O)CCCCN)C1. The lowest BCUT2D eigenvalue weighted by atomic mass is 9.95. The molecule has 0 aromatic rings. The standard InChI is InChI=1S/C12H24N2OS/c1-16-11-6-4-5-10(9-11)14-12(15)7-2-3-8-13/h10-11H,2-9,13H2,1H3,(H,14,15). The smallest absolute Gasteiger partial charge is 0.220 e. The Labute approximate surface area is 103 Å². The van der Waals surface area contributed by atoms with Gasteiger partial charge in [-0.25, -0.2) is 0 Å². The highest BCUT2D eigenvalue weighted by molar-refractivity contribution is 7.99. The Morgan fingerprint density at radius 2 is 2.25 bits per heavy atom. The Morgan fingerprint density at radius 1 is 1.44 bits per heavy atom. The molecule has 0 aromatic carbocycles. The molecular formula is C12H24N2OS. The summed E-state index contributed by atoms with van der Waals surface area (Å²) in [5.41, 5.74) is 5.40.